The number of carbonyl (C=O) groups excluding carboxylic acids is 1. The van der Waals surface area contributed by atoms with Gasteiger partial charge in [0.2, 0.25) is 0 Å². The molecule has 106 valence electrons. The van der Waals surface area contributed by atoms with Gasteiger partial charge in [-0.3, -0.25) is 4.89 Å². The van der Waals surface area contributed by atoms with Gasteiger partial charge >= 0.3 is 5.97 Å². The fraction of sp³-hybridized carbons (Fsp3) is 0.357. The van der Waals surface area contributed by atoms with E-state index in [1.54, 1.807) is 0 Å². The van der Waals surface area contributed by atoms with Gasteiger partial charge in [0, 0.05) is 11.6 Å². The first-order chi connectivity index (χ1) is 8.53. The molecule has 0 amide bonds. The molecule has 0 radical (unpaired) electrons. The molecule has 0 saturated heterocycles. The van der Waals surface area contributed by atoms with Gasteiger partial charge in [0.1, 0.15) is 19.7 Å². The molecule has 0 N–H and O–H groups in total. The largest absolute Gasteiger partial charge is 1.00 e. The van der Waals surface area contributed by atoms with Crippen LogP contribution in [0.4, 0.5) is 0 Å². The first-order valence-corrected chi connectivity index (χ1v) is 5.85. The Hall–Kier alpha value is -1.36. The lowest BCUT2D eigenvalue weighted by molar-refractivity contribution is -0.904. The summed E-state index contributed by atoms with van der Waals surface area (Å²) >= 11 is 0. The molecule has 0 unspecified atom stereocenters. The lowest BCUT2D eigenvalue weighted by Gasteiger charge is -2.29. The highest BCUT2D eigenvalue weighted by Crippen LogP contribution is 2.08. The van der Waals surface area contributed by atoms with Gasteiger partial charge in [0.25, 0.3) is 0 Å². The maximum atomic E-state index is 10.8. The fourth-order valence-corrected chi connectivity index (χ4v) is 1.57. The van der Waals surface area contributed by atoms with Gasteiger partial charge in [-0.2, -0.15) is 4.89 Å². The van der Waals surface area contributed by atoms with Crippen LogP contribution in [0.5, 0.6) is 0 Å². The van der Waals surface area contributed by atoms with E-state index in [2.05, 4.69) is 37.7 Å². The zero-order chi connectivity index (χ0) is 13.4. The minimum absolute atomic E-state index is 0. The zero-order valence-corrected chi connectivity index (χ0v) is 12.1. The second-order valence-electron chi connectivity index (χ2n) is 4.73. The Morgan fingerprint density at radius 2 is 1.95 bits per heavy atom. The number of hydrogen-bond acceptors (Lipinski definition) is 3. The van der Waals surface area contributed by atoms with Crippen LogP contribution in [0.25, 0.3) is 0 Å². The van der Waals surface area contributed by atoms with E-state index < -0.39 is 5.97 Å². The molecule has 0 aromatic heterocycles. The molecule has 4 nitrogen and oxygen atoms in total. The van der Waals surface area contributed by atoms with Crippen molar-refractivity contribution in [3.63, 3.8) is 0 Å². The third-order valence-corrected chi connectivity index (χ3v) is 2.54. The molecule has 0 fully saturated rings. The smallest absolute Gasteiger partial charge is 0.365 e. The van der Waals surface area contributed by atoms with Crippen molar-refractivity contribution in [1.82, 2.24) is 0 Å². The third-order valence-electron chi connectivity index (χ3n) is 2.54. The summed E-state index contributed by atoms with van der Waals surface area (Å²) in [6, 6.07) is 10.2. The second kappa shape index (κ2) is 8.69. The lowest BCUT2D eigenvalue weighted by atomic mass is 10.2. The Bertz CT molecular complexity index is 393. The van der Waals surface area contributed by atoms with Crippen molar-refractivity contribution in [1.29, 1.82) is 0 Å². The third kappa shape index (κ3) is 7.62. The van der Waals surface area contributed by atoms with E-state index in [4.69, 9.17) is 4.89 Å². The van der Waals surface area contributed by atoms with Crippen LogP contribution in [0.2, 0.25) is 0 Å². The van der Waals surface area contributed by atoms with Crippen LogP contribution >= 0.6 is 0 Å². The van der Waals surface area contributed by atoms with Crippen LogP contribution in [-0.4, -0.2) is 37.7 Å². The van der Waals surface area contributed by atoms with Gasteiger partial charge in [-0.1, -0.05) is 36.9 Å². The van der Waals surface area contributed by atoms with Crippen LogP contribution in [0, 0.1) is 0 Å². The van der Waals surface area contributed by atoms with Crippen molar-refractivity contribution < 1.29 is 31.5 Å². The van der Waals surface area contributed by atoms with Crippen LogP contribution in [0.1, 0.15) is 5.56 Å². The number of benzene rings is 1. The lowest BCUT2D eigenvalue weighted by Crippen LogP contribution is -3.00. The molecule has 0 atom stereocenters. The molecule has 0 bridgehead atoms. The Labute approximate surface area is 120 Å². The summed E-state index contributed by atoms with van der Waals surface area (Å²) in [5, 5.41) is 0. The van der Waals surface area contributed by atoms with E-state index >= 15 is 0 Å². The molecule has 5 heteroatoms. The highest BCUT2D eigenvalue weighted by molar-refractivity contribution is 5.80. The number of halogens is 1. The van der Waals surface area contributed by atoms with E-state index in [0.717, 1.165) is 23.6 Å². The number of rotatable bonds is 7. The number of hydrogen-bond donors (Lipinski definition) is 0. The summed E-state index contributed by atoms with van der Waals surface area (Å²) in [6.07, 6.45) is 1.07. The van der Waals surface area contributed by atoms with E-state index in [0.29, 0.717) is 6.61 Å². The quantitative estimate of drug-likeness (QED) is 0.210. The Morgan fingerprint density at radius 3 is 2.53 bits per heavy atom. The summed E-state index contributed by atoms with van der Waals surface area (Å²) in [5.74, 6) is -0.566. The van der Waals surface area contributed by atoms with Crippen LogP contribution in [0.15, 0.2) is 43.0 Å². The van der Waals surface area contributed by atoms with Gasteiger partial charge in [-0.25, -0.2) is 4.79 Å². The van der Waals surface area contributed by atoms with Crippen molar-refractivity contribution in [3.8, 4) is 0 Å². The van der Waals surface area contributed by atoms with Crippen molar-refractivity contribution in [2.45, 2.75) is 6.54 Å². The molecule has 1 rings (SSSR count). The van der Waals surface area contributed by atoms with Crippen molar-refractivity contribution >= 4 is 5.97 Å². The number of carbonyl (C=O) groups is 1. The molecule has 0 saturated carbocycles. The SMILES string of the molecule is C=CC(=O)OOCC[N+](C)(C)Cc1ccccc1.[Cl-]. The van der Waals surface area contributed by atoms with Gasteiger partial charge in [-0.15, -0.1) is 0 Å². The molecule has 0 spiro atoms. The molecule has 0 heterocycles. The Morgan fingerprint density at radius 1 is 1.32 bits per heavy atom. The summed E-state index contributed by atoms with van der Waals surface area (Å²) in [4.78, 5) is 20.1. The monoisotopic (exact) mass is 285 g/mol. The van der Waals surface area contributed by atoms with Crippen molar-refractivity contribution in [2.24, 2.45) is 0 Å². The summed E-state index contributed by atoms with van der Waals surface area (Å²) in [7, 11) is 4.21. The average Bonchev–Trinajstić information content (AvgIpc) is 2.35. The zero-order valence-electron chi connectivity index (χ0n) is 11.3. The maximum Gasteiger partial charge on any atom is 0.365 e. The van der Waals surface area contributed by atoms with Gasteiger partial charge in [0.15, 0.2) is 0 Å². The van der Waals surface area contributed by atoms with Crippen molar-refractivity contribution in [2.75, 3.05) is 27.2 Å². The first kappa shape index (κ1) is 17.6. The van der Waals surface area contributed by atoms with E-state index in [1.807, 2.05) is 18.2 Å². The van der Waals surface area contributed by atoms with E-state index in [9.17, 15) is 4.79 Å². The molecular weight excluding hydrogens is 266 g/mol. The minimum Gasteiger partial charge on any atom is -1.00 e. The van der Waals surface area contributed by atoms with Crippen molar-refractivity contribution in [3.05, 3.63) is 48.6 Å². The number of quaternary nitrogens is 1. The first-order valence-electron chi connectivity index (χ1n) is 5.85. The molecule has 1 aromatic rings. The fourth-order valence-electron chi connectivity index (χ4n) is 1.57. The van der Waals surface area contributed by atoms with Gasteiger partial charge in [-0.05, 0) is 0 Å². The number of nitrogens with zero attached hydrogens (tertiary/aromatic N) is 1. The van der Waals surface area contributed by atoms with Crippen LogP contribution in [0.3, 0.4) is 0 Å². The number of likely N-dealkylation sites (N-methyl/N-ethyl adjacent to an activating group) is 1. The predicted molar refractivity (Wildman–Crippen MR) is 69.4 cm³/mol. The topological polar surface area (TPSA) is 35.5 Å². The van der Waals surface area contributed by atoms with E-state index in [1.165, 1.54) is 5.56 Å². The average molecular weight is 286 g/mol. The van der Waals surface area contributed by atoms with Gasteiger partial charge in [0.05, 0.1) is 14.1 Å². The van der Waals surface area contributed by atoms with Crippen LogP contribution in [-0.2, 0) is 21.1 Å². The summed E-state index contributed by atoms with van der Waals surface area (Å²) < 4.78 is 0.760. The minimum atomic E-state index is -0.566. The molecule has 1 aromatic carbocycles. The molecule has 19 heavy (non-hydrogen) atoms. The van der Waals surface area contributed by atoms with Gasteiger partial charge < -0.3 is 16.9 Å². The Balaban J connectivity index is 0.00000324. The standard InChI is InChI=1S/C14H20NO3.ClH/c1-4-14(16)18-17-11-10-15(2,3)12-13-8-6-5-7-9-13;/h4-9H,1,10-12H2,2-3H3;1H/q+1;/p-1. The molecular formula is C14H20ClNO3. The highest BCUT2D eigenvalue weighted by atomic mass is 35.5. The van der Waals surface area contributed by atoms with Crippen LogP contribution < -0.4 is 12.4 Å². The molecule has 0 aliphatic heterocycles. The molecule has 0 aliphatic carbocycles. The predicted octanol–water partition coefficient (Wildman–Crippen LogP) is -1.07. The summed E-state index contributed by atoms with van der Waals surface area (Å²) in [6.45, 7) is 5.30. The highest BCUT2D eigenvalue weighted by Gasteiger charge is 2.16. The summed E-state index contributed by atoms with van der Waals surface area (Å²) in [5.41, 5.74) is 1.27. The Kier molecular flexibility index (Phi) is 8.07. The normalized spacial score (nSPS) is 10.4. The molecule has 0 aliphatic rings. The van der Waals surface area contributed by atoms with E-state index in [-0.39, 0.29) is 12.4 Å². The maximum absolute atomic E-state index is 10.8. The second-order valence-corrected chi connectivity index (χ2v) is 4.73.